The standard InChI is InChI=1S/C27H25FNO5P/c1-3-34-22(31)15-21(30)27(35(32)33)24-23(17-11-13-20(28)14-12-17)16(2)25(18-7-5-4-6-8-18)29-26(24)19-9-10-19/h1,4-8,11-14,19,21,27,30,35H,9-10,15H2,2H3,(H,32,33). The van der Waals surface area contributed by atoms with Gasteiger partial charge in [0.1, 0.15) is 11.9 Å². The van der Waals surface area contributed by atoms with Gasteiger partial charge in [0.05, 0.1) is 23.9 Å². The van der Waals surface area contributed by atoms with Crippen molar-refractivity contribution in [3.05, 3.63) is 77.2 Å². The number of esters is 1. The summed E-state index contributed by atoms with van der Waals surface area (Å²) >= 11 is 0. The summed E-state index contributed by atoms with van der Waals surface area (Å²) in [6, 6.07) is 15.4. The van der Waals surface area contributed by atoms with Crippen molar-refractivity contribution < 1.29 is 28.5 Å². The number of hydrogen-bond donors (Lipinski definition) is 2. The van der Waals surface area contributed by atoms with Gasteiger partial charge < -0.3 is 14.7 Å². The lowest BCUT2D eigenvalue weighted by Crippen LogP contribution is -2.23. The number of ether oxygens (including phenoxy) is 1. The molecule has 1 saturated carbocycles. The third-order valence-corrected chi connectivity index (χ3v) is 7.37. The number of terminal acetylenes is 1. The first-order chi connectivity index (χ1) is 16.8. The Balaban J connectivity index is 2.00. The van der Waals surface area contributed by atoms with Gasteiger partial charge in [0.2, 0.25) is 0 Å². The summed E-state index contributed by atoms with van der Waals surface area (Å²) < 4.78 is 31.0. The number of benzene rings is 2. The van der Waals surface area contributed by atoms with Crippen LogP contribution in [0.2, 0.25) is 0 Å². The van der Waals surface area contributed by atoms with Crippen LogP contribution in [-0.4, -0.2) is 27.1 Å². The Morgan fingerprint density at radius 3 is 2.43 bits per heavy atom. The molecule has 4 rings (SSSR count). The molecule has 0 bridgehead atoms. The van der Waals surface area contributed by atoms with E-state index in [1.165, 1.54) is 12.1 Å². The Bertz CT molecular complexity index is 1300. The third-order valence-electron chi connectivity index (χ3n) is 6.16. The predicted molar refractivity (Wildman–Crippen MR) is 131 cm³/mol. The van der Waals surface area contributed by atoms with Gasteiger partial charge in [-0.15, -0.1) is 0 Å². The van der Waals surface area contributed by atoms with Crippen LogP contribution in [0.3, 0.4) is 0 Å². The summed E-state index contributed by atoms with van der Waals surface area (Å²) in [5.74, 6) is -1.26. The number of carbonyl (C=O) groups is 1. The summed E-state index contributed by atoms with van der Waals surface area (Å²) in [6.07, 6.45) is 6.36. The summed E-state index contributed by atoms with van der Waals surface area (Å²) in [7, 11) is -3.42. The van der Waals surface area contributed by atoms with Gasteiger partial charge in [0, 0.05) is 17.2 Å². The van der Waals surface area contributed by atoms with Crippen LogP contribution in [0.4, 0.5) is 4.39 Å². The smallest absolute Gasteiger partial charge is 0.322 e. The molecule has 0 amide bonds. The van der Waals surface area contributed by atoms with E-state index in [1.54, 1.807) is 18.2 Å². The molecule has 3 aromatic rings. The maximum Gasteiger partial charge on any atom is 0.322 e. The Morgan fingerprint density at radius 1 is 1.20 bits per heavy atom. The topological polar surface area (TPSA) is 96.7 Å². The summed E-state index contributed by atoms with van der Waals surface area (Å²) in [5.41, 5.74) is 3.22. The Hall–Kier alpha value is -3.30. The molecule has 6 nitrogen and oxygen atoms in total. The zero-order valence-electron chi connectivity index (χ0n) is 19.1. The highest BCUT2D eigenvalue weighted by molar-refractivity contribution is 7.38. The fraction of sp³-hybridized carbons (Fsp3) is 0.259. The lowest BCUT2D eigenvalue weighted by Gasteiger charge is -2.27. The van der Waals surface area contributed by atoms with Crippen LogP contribution >= 0.6 is 8.03 Å². The van der Waals surface area contributed by atoms with Crippen LogP contribution in [0.1, 0.15) is 47.7 Å². The van der Waals surface area contributed by atoms with Crippen molar-refractivity contribution in [1.29, 1.82) is 0 Å². The fourth-order valence-electron chi connectivity index (χ4n) is 4.44. The summed E-state index contributed by atoms with van der Waals surface area (Å²) in [4.78, 5) is 27.3. The molecule has 8 heteroatoms. The molecule has 0 aliphatic heterocycles. The minimum atomic E-state index is -3.42. The first-order valence-corrected chi connectivity index (χ1v) is 12.7. The molecule has 3 unspecified atom stereocenters. The predicted octanol–water partition coefficient (Wildman–Crippen LogP) is 5.13. The Morgan fingerprint density at radius 2 is 1.86 bits per heavy atom. The van der Waals surface area contributed by atoms with E-state index in [-0.39, 0.29) is 5.92 Å². The zero-order chi connectivity index (χ0) is 25.1. The molecule has 0 radical (unpaired) electrons. The van der Waals surface area contributed by atoms with Gasteiger partial charge in [-0.05, 0) is 54.2 Å². The maximum absolute atomic E-state index is 13.8. The molecule has 180 valence electrons. The number of nitrogens with zero attached hydrogens (tertiary/aromatic N) is 1. The molecule has 1 heterocycles. The first kappa shape index (κ1) is 24.8. The van der Waals surface area contributed by atoms with Crippen molar-refractivity contribution in [2.24, 2.45) is 0 Å². The van der Waals surface area contributed by atoms with E-state index in [4.69, 9.17) is 11.4 Å². The van der Waals surface area contributed by atoms with Crippen LogP contribution in [0.25, 0.3) is 22.4 Å². The number of aromatic nitrogens is 1. The van der Waals surface area contributed by atoms with Crippen LogP contribution < -0.4 is 0 Å². The second-order valence-corrected chi connectivity index (χ2v) is 9.88. The van der Waals surface area contributed by atoms with Gasteiger partial charge in [-0.1, -0.05) is 48.9 Å². The van der Waals surface area contributed by atoms with E-state index in [2.05, 4.69) is 4.74 Å². The van der Waals surface area contributed by atoms with Crippen molar-refractivity contribution in [3.8, 4) is 34.9 Å². The van der Waals surface area contributed by atoms with Crippen LogP contribution in [0.15, 0.2) is 54.6 Å². The van der Waals surface area contributed by atoms with E-state index < -0.39 is 38.0 Å². The molecule has 1 fully saturated rings. The molecule has 2 N–H and O–H groups in total. The van der Waals surface area contributed by atoms with Gasteiger partial charge in [0.15, 0.2) is 8.03 Å². The number of aliphatic hydroxyl groups is 1. The van der Waals surface area contributed by atoms with Gasteiger partial charge >= 0.3 is 5.97 Å². The number of carbonyl (C=O) groups excluding carboxylic acids is 1. The van der Waals surface area contributed by atoms with E-state index >= 15 is 0 Å². The minimum absolute atomic E-state index is 0.0426. The average Bonchev–Trinajstić information content (AvgIpc) is 3.66. The monoisotopic (exact) mass is 493 g/mol. The normalized spacial score (nSPS) is 15.6. The van der Waals surface area contributed by atoms with Crippen molar-refractivity contribution in [1.82, 2.24) is 4.98 Å². The minimum Gasteiger partial charge on any atom is -0.391 e. The number of rotatable bonds is 8. The highest BCUT2D eigenvalue weighted by Crippen LogP contribution is 2.53. The molecule has 0 spiro atoms. The van der Waals surface area contributed by atoms with Crippen LogP contribution in [0, 0.1) is 25.3 Å². The molecule has 2 aromatic carbocycles. The lowest BCUT2D eigenvalue weighted by atomic mass is 9.87. The van der Waals surface area contributed by atoms with E-state index in [0.29, 0.717) is 33.6 Å². The fourth-order valence-corrected chi connectivity index (χ4v) is 5.42. The SMILES string of the molecule is C#COC(=O)CC(O)C(c1c(C2CC2)nc(-c2ccccc2)c(C)c1-c1ccc(F)cc1)[PH](=O)O. The van der Waals surface area contributed by atoms with Gasteiger partial charge in [-0.3, -0.25) is 14.3 Å². The van der Waals surface area contributed by atoms with Gasteiger partial charge in [0.25, 0.3) is 0 Å². The highest BCUT2D eigenvalue weighted by atomic mass is 31.1. The Labute approximate surface area is 203 Å². The maximum atomic E-state index is 13.8. The quantitative estimate of drug-likeness (QED) is 0.257. The molecule has 1 aliphatic rings. The van der Waals surface area contributed by atoms with Crippen molar-refractivity contribution >= 4 is 14.0 Å². The summed E-state index contributed by atoms with van der Waals surface area (Å²) in [5, 5.41) is 11.0. The molecule has 1 aromatic heterocycles. The molecule has 1 aliphatic carbocycles. The summed E-state index contributed by atoms with van der Waals surface area (Å²) in [6.45, 7) is 1.85. The van der Waals surface area contributed by atoms with Crippen LogP contribution in [-0.2, 0) is 14.1 Å². The van der Waals surface area contributed by atoms with Crippen molar-refractivity contribution in [3.63, 3.8) is 0 Å². The number of pyridine rings is 1. The largest absolute Gasteiger partial charge is 0.391 e. The van der Waals surface area contributed by atoms with E-state index in [1.807, 2.05) is 37.3 Å². The molecular weight excluding hydrogens is 468 g/mol. The molecule has 35 heavy (non-hydrogen) atoms. The number of aliphatic hydroxyl groups excluding tert-OH is 1. The number of hydrogen-bond acceptors (Lipinski definition) is 5. The molecule has 3 atom stereocenters. The lowest BCUT2D eigenvalue weighted by molar-refractivity contribution is -0.139. The molecular formula is C27H25FNO5P. The molecule has 0 saturated heterocycles. The zero-order valence-corrected chi connectivity index (χ0v) is 20.1. The average molecular weight is 493 g/mol. The van der Waals surface area contributed by atoms with Gasteiger partial charge in [-0.2, -0.15) is 0 Å². The second kappa shape index (κ2) is 10.5. The first-order valence-electron chi connectivity index (χ1n) is 11.2. The number of halogens is 1. The second-order valence-electron chi connectivity index (χ2n) is 8.59. The van der Waals surface area contributed by atoms with Crippen molar-refractivity contribution in [2.75, 3.05) is 0 Å². The van der Waals surface area contributed by atoms with E-state index in [9.17, 15) is 23.7 Å². The Kier molecular flexibility index (Phi) is 7.47. The highest BCUT2D eigenvalue weighted by Gasteiger charge is 2.39. The van der Waals surface area contributed by atoms with Crippen LogP contribution in [0.5, 0.6) is 0 Å². The van der Waals surface area contributed by atoms with E-state index in [0.717, 1.165) is 18.4 Å². The third kappa shape index (κ3) is 5.36. The van der Waals surface area contributed by atoms with Crippen molar-refractivity contribution in [2.45, 2.75) is 43.9 Å². The van der Waals surface area contributed by atoms with Gasteiger partial charge in [-0.25, -0.2) is 4.39 Å².